The molecular formula is C15H13NO4S. The van der Waals surface area contributed by atoms with E-state index in [9.17, 15) is 13.5 Å². The van der Waals surface area contributed by atoms with Crippen molar-refractivity contribution in [3.8, 4) is 22.8 Å². The number of phenolic OH excluding ortho intramolecular Hbond substituents is 1. The second-order valence-electron chi connectivity index (χ2n) is 4.74. The Morgan fingerprint density at radius 2 is 1.86 bits per heavy atom. The van der Waals surface area contributed by atoms with Gasteiger partial charge in [-0.05, 0) is 30.3 Å². The molecule has 0 aliphatic carbocycles. The number of aromatic hydroxyl groups is 1. The third-order valence-electron chi connectivity index (χ3n) is 3.04. The van der Waals surface area contributed by atoms with E-state index in [-0.39, 0.29) is 11.5 Å². The fraction of sp³-hybridized carbons (Fsp3) is 0.0667. The molecular weight excluding hydrogens is 290 g/mol. The third kappa shape index (κ3) is 2.85. The van der Waals surface area contributed by atoms with Crippen LogP contribution in [0.5, 0.6) is 11.5 Å². The minimum absolute atomic E-state index is 0.0858. The van der Waals surface area contributed by atoms with E-state index in [1.165, 1.54) is 12.1 Å². The molecule has 2 N–H and O–H groups in total. The molecule has 1 aromatic heterocycles. The molecule has 108 valence electrons. The van der Waals surface area contributed by atoms with E-state index in [1.807, 2.05) is 30.3 Å². The molecule has 1 heterocycles. The van der Waals surface area contributed by atoms with Gasteiger partial charge in [0.1, 0.15) is 0 Å². The number of para-hydroxylation sites is 1. The Hall–Kier alpha value is -2.47. The maximum Gasteiger partial charge on any atom is 0.306 e. The van der Waals surface area contributed by atoms with Gasteiger partial charge in [0, 0.05) is 22.2 Å². The van der Waals surface area contributed by atoms with Crippen molar-refractivity contribution >= 4 is 21.0 Å². The van der Waals surface area contributed by atoms with E-state index in [4.69, 9.17) is 4.18 Å². The van der Waals surface area contributed by atoms with Crippen molar-refractivity contribution in [3.05, 3.63) is 48.5 Å². The first-order valence-corrected chi connectivity index (χ1v) is 8.05. The predicted octanol–water partition coefficient (Wildman–Crippen LogP) is 2.88. The first kappa shape index (κ1) is 13.5. The van der Waals surface area contributed by atoms with Crippen LogP contribution in [0.3, 0.4) is 0 Å². The summed E-state index contributed by atoms with van der Waals surface area (Å²) < 4.78 is 26.9. The normalized spacial score (nSPS) is 11.7. The Morgan fingerprint density at radius 1 is 1.10 bits per heavy atom. The van der Waals surface area contributed by atoms with E-state index in [1.54, 1.807) is 6.07 Å². The second-order valence-corrected chi connectivity index (χ2v) is 6.32. The summed E-state index contributed by atoms with van der Waals surface area (Å²) in [4.78, 5) is 3.24. The number of hydrogen-bond acceptors (Lipinski definition) is 4. The standard InChI is InChI=1S/C15H13NO4S/c1-21(18,19)20-15-7-6-11(9-14(15)17)13-8-10-4-2-3-5-12(10)16-13/h2-9,16-17H,1H3. The molecule has 21 heavy (non-hydrogen) atoms. The lowest BCUT2D eigenvalue weighted by Gasteiger charge is -2.06. The highest BCUT2D eigenvalue weighted by Crippen LogP contribution is 2.33. The minimum Gasteiger partial charge on any atom is -0.504 e. The SMILES string of the molecule is CS(=O)(=O)Oc1ccc(-c2cc3ccccc3[nH]2)cc1O. The molecule has 5 nitrogen and oxygen atoms in total. The summed E-state index contributed by atoms with van der Waals surface area (Å²) in [5.41, 5.74) is 2.56. The topological polar surface area (TPSA) is 79.4 Å². The first-order valence-electron chi connectivity index (χ1n) is 6.23. The Bertz CT molecular complexity index is 879. The molecule has 0 unspecified atom stereocenters. The van der Waals surface area contributed by atoms with E-state index in [2.05, 4.69) is 4.98 Å². The zero-order valence-electron chi connectivity index (χ0n) is 11.2. The van der Waals surface area contributed by atoms with Gasteiger partial charge in [0.05, 0.1) is 6.26 Å². The van der Waals surface area contributed by atoms with Crippen LogP contribution in [0.15, 0.2) is 48.5 Å². The smallest absolute Gasteiger partial charge is 0.306 e. The van der Waals surface area contributed by atoms with Gasteiger partial charge in [0.25, 0.3) is 0 Å². The fourth-order valence-corrected chi connectivity index (χ4v) is 2.61. The molecule has 2 aromatic carbocycles. The predicted molar refractivity (Wildman–Crippen MR) is 80.9 cm³/mol. The van der Waals surface area contributed by atoms with Crippen molar-refractivity contribution in [2.24, 2.45) is 0 Å². The highest BCUT2D eigenvalue weighted by molar-refractivity contribution is 7.86. The molecule has 0 amide bonds. The van der Waals surface area contributed by atoms with Crippen LogP contribution < -0.4 is 4.18 Å². The van der Waals surface area contributed by atoms with Gasteiger partial charge in [-0.2, -0.15) is 8.42 Å². The maximum absolute atomic E-state index is 11.1. The summed E-state index contributed by atoms with van der Waals surface area (Å²) in [7, 11) is -3.67. The first-order chi connectivity index (χ1) is 9.92. The van der Waals surface area contributed by atoms with Crippen LogP contribution in [0.1, 0.15) is 0 Å². The molecule has 0 saturated carbocycles. The van der Waals surface area contributed by atoms with E-state index < -0.39 is 10.1 Å². The van der Waals surface area contributed by atoms with Crippen molar-refractivity contribution in [2.45, 2.75) is 0 Å². The number of fused-ring (bicyclic) bond motifs is 1. The molecule has 6 heteroatoms. The summed E-state index contributed by atoms with van der Waals surface area (Å²) >= 11 is 0. The summed E-state index contributed by atoms with van der Waals surface area (Å²) in [5.74, 6) is -0.311. The molecule has 0 fully saturated rings. The van der Waals surface area contributed by atoms with Gasteiger partial charge in [-0.3, -0.25) is 0 Å². The van der Waals surface area contributed by atoms with Gasteiger partial charge in [0.15, 0.2) is 11.5 Å². The van der Waals surface area contributed by atoms with E-state index in [0.717, 1.165) is 28.4 Å². The average Bonchev–Trinajstić information content (AvgIpc) is 2.83. The number of phenols is 1. The summed E-state index contributed by atoms with van der Waals surface area (Å²) in [6.45, 7) is 0. The van der Waals surface area contributed by atoms with Crippen LogP contribution in [-0.4, -0.2) is 24.8 Å². The number of aromatic amines is 1. The molecule has 0 saturated heterocycles. The van der Waals surface area contributed by atoms with Crippen LogP contribution in [0.25, 0.3) is 22.2 Å². The molecule has 0 aliphatic rings. The van der Waals surface area contributed by atoms with Crippen LogP contribution in [0, 0.1) is 0 Å². The molecule has 0 atom stereocenters. The van der Waals surface area contributed by atoms with Crippen molar-refractivity contribution < 1.29 is 17.7 Å². The summed E-state index contributed by atoms with van der Waals surface area (Å²) in [6, 6.07) is 14.4. The molecule has 0 aliphatic heterocycles. The Balaban J connectivity index is 2.01. The summed E-state index contributed by atoms with van der Waals surface area (Å²) in [6.07, 6.45) is 0.929. The van der Waals surface area contributed by atoms with Crippen molar-refractivity contribution in [1.82, 2.24) is 4.98 Å². The number of hydrogen-bond donors (Lipinski definition) is 2. The van der Waals surface area contributed by atoms with Gasteiger partial charge in [0.2, 0.25) is 0 Å². The third-order valence-corrected chi connectivity index (χ3v) is 3.52. The van der Waals surface area contributed by atoms with Gasteiger partial charge in [-0.15, -0.1) is 0 Å². The number of aromatic nitrogens is 1. The maximum atomic E-state index is 11.1. The summed E-state index contributed by atoms with van der Waals surface area (Å²) in [5, 5.41) is 10.9. The van der Waals surface area contributed by atoms with Gasteiger partial charge in [-0.1, -0.05) is 18.2 Å². The lowest BCUT2D eigenvalue weighted by molar-refractivity contribution is 0.431. The van der Waals surface area contributed by atoms with Gasteiger partial charge in [-0.25, -0.2) is 0 Å². The van der Waals surface area contributed by atoms with Crippen LogP contribution in [0.2, 0.25) is 0 Å². The monoisotopic (exact) mass is 303 g/mol. The molecule has 3 aromatic rings. The highest BCUT2D eigenvalue weighted by atomic mass is 32.2. The largest absolute Gasteiger partial charge is 0.504 e. The van der Waals surface area contributed by atoms with E-state index in [0.29, 0.717) is 0 Å². The fourth-order valence-electron chi connectivity index (χ4n) is 2.15. The zero-order chi connectivity index (χ0) is 15.0. The lowest BCUT2D eigenvalue weighted by atomic mass is 10.1. The number of nitrogens with one attached hydrogen (secondary N) is 1. The van der Waals surface area contributed by atoms with Crippen LogP contribution in [-0.2, 0) is 10.1 Å². The van der Waals surface area contributed by atoms with Crippen LogP contribution >= 0.6 is 0 Å². The van der Waals surface area contributed by atoms with Crippen molar-refractivity contribution in [2.75, 3.05) is 6.26 Å². The second kappa shape index (κ2) is 4.82. The highest BCUT2D eigenvalue weighted by Gasteiger charge is 2.11. The number of rotatable bonds is 3. The lowest BCUT2D eigenvalue weighted by Crippen LogP contribution is -2.05. The molecule has 3 rings (SSSR count). The number of benzene rings is 2. The van der Waals surface area contributed by atoms with Crippen molar-refractivity contribution in [3.63, 3.8) is 0 Å². The van der Waals surface area contributed by atoms with E-state index >= 15 is 0 Å². The minimum atomic E-state index is -3.67. The average molecular weight is 303 g/mol. The number of H-pyrrole nitrogens is 1. The quantitative estimate of drug-likeness (QED) is 0.729. The van der Waals surface area contributed by atoms with Crippen LogP contribution in [0.4, 0.5) is 0 Å². The Morgan fingerprint density at radius 3 is 2.52 bits per heavy atom. The zero-order valence-corrected chi connectivity index (χ0v) is 12.0. The Labute approximate surface area is 121 Å². The molecule has 0 bridgehead atoms. The van der Waals surface area contributed by atoms with Gasteiger partial charge < -0.3 is 14.3 Å². The molecule has 0 spiro atoms. The van der Waals surface area contributed by atoms with Crippen molar-refractivity contribution in [1.29, 1.82) is 0 Å². The van der Waals surface area contributed by atoms with Gasteiger partial charge >= 0.3 is 10.1 Å². The Kier molecular flexibility index (Phi) is 3.10. The molecule has 0 radical (unpaired) electrons.